The monoisotopic (exact) mass is 1010 g/mol. The van der Waals surface area contributed by atoms with Gasteiger partial charge in [-0.15, -0.1) is 0 Å². The SMILES string of the molecule is CC[C@H]1OC(=O)[C@@H](C)[C@H](O[C@H]2C[C@@](C)(OC)[C@@H](OC(=O)NNC(=O)/C=C/c3ccc([N+](=O)[O-])cc3)[C@H](C)O2)[C@@H](C)[C@H](O[C@H]2O[C@@H](C)C[C@@H](N(C)C)[C@@H]2O)[C@@](C)(O)C[C@H](C)CN(C)[C@@H](C)[C@@H]2OC(=O)O[C@@]12C. The lowest BCUT2D eigenvalue weighted by Crippen LogP contribution is -2.61. The molecule has 2 amide bonds. The van der Waals surface area contributed by atoms with E-state index in [1.165, 1.54) is 37.5 Å². The predicted octanol–water partition coefficient (Wildman–Crippen LogP) is 4.47. The quantitative estimate of drug-likeness (QED) is 0.0783. The Bertz CT molecular complexity index is 2040. The first kappa shape index (κ1) is 57.4. The molecule has 4 N–H and O–H groups in total. The maximum atomic E-state index is 14.7. The van der Waals surface area contributed by atoms with Crippen molar-refractivity contribution in [3.8, 4) is 0 Å². The van der Waals surface area contributed by atoms with E-state index in [0.29, 0.717) is 18.5 Å². The molecule has 0 bridgehead atoms. The Kier molecular flexibility index (Phi) is 19.0. The number of benzene rings is 1. The first-order valence-electron chi connectivity index (χ1n) is 24.4. The van der Waals surface area contributed by atoms with Crippen molar-refractivity contribution in [1.29, 1.82) is 0 Å². The van der Waals surface area contributed by atoms with Crippen LogP contribution in [0.5, 0.6) is 0 Å². The molecule has 0 radical (unpaired) electrons. The van der Waals surface area contributed by atoms with Gasteiger partial charge in [-0.1, -0.05) is 20.8 Å². The molecule has 0 unspecified atom stereocenters. The summed E-state index contributed by atoms with van der Waals surface area (Å²) in [5.74, 6) is -3.61. The van der Waals surface area contributed by atoms with Crippen LogP contribution in [0.2, 0.25) is 0 Å². The number of cyclic esters (lactones) is 1. The zero-order valence-electron chi connectivity index (χ0n) is 43.5. The number of carbonyl (C=O) groups is 4. The summed E-state index contributed by atoms with van der Waals surface area (Å²) in [5.41, 5.74) is 0.511. The van der Waals surface area contributed by atoms with Crippen LogP contribution in [0, 0.1) is 27.9 Å². The van der Waals surface area contributed by atoms with Gasteiger partial charge in [-0.3, -0.25) is 30.0 Å². The summed E-state index contributed by atoms with van der Waals surface area (Å²) in [7, 11) is 7.03. The van der Waals surface area contributed by atoms with Crippen LogP contribution in [0.15, 0.2) is 30.3 Å². The molecule has 71 heavy (non-hydrogen) atoms. The van der Waals surface area contributed by atoms with Crippen molar-refractivity contribution in [2.24, 2.45) is 17.8 Å². The summed E-state index contributed by atoms with van der Waals surface area (Å²) >= 11 is 0. The second kappa shape index (κ2) is 23.6. The molecule has 4 heterocycles. The number of nitrogens with zero attached hydrogens (tertiary/aromatic N) is 3. The highest BCUT2D eigenvalue weighted by atomic mass is 16.8. The Balaban J connectivity index is 1.45. The third-order valence-electron chi connectivity index (χ3n) is 14.7. The Morgan fingerprint density at radius 2 is 1.65 bits per heavy atom. The second-order valence-electron chi connectivity index (χ2n) is 20.7. The average Bonchev–Trinajstić information content (AvgIpc) is 3.62. The first-order chi connectivity index (χ1) is 33.1. The molecule has 22 heteroatoms. The molecule has 4 saturated heterocycles. The number of hydrogen-bond donors (Lipinski definition) is 4. The Morgan fingerprint density at radius 1 is 0.986 bits per heavy atom. The number of esters is 1. The van der Waals surface area contributed by atoms with E-state index in [-0.39, 0.29) is 43.0 Å². The number of nitrogens with one attached hydrogen (secondary N) is 2. The minimum absolute atomic E-state index is 0.0542. The van der Waals surface area contributed by atoms with Crippen molar-refractivity contribution in [3.63, 3.8) is 0 Å². The molecular weight excluding hydrogens is 931 g/mol. The number of hydrazine groups is 1. The van der Waals surface area contributed by atoms with Crippen LogP contribution in [-0.2, 0) is 52.2 Å². The van der Waals surface area contributed by atoms with Crippen molar-refractivity contribution < 1.29 is 76.9 Å². The summed E-state index contributed by atoms with van der Waals surface area (Å²) in [6, 6.07) is 4.76. The number of rotatable bonds is 11. The molecule has 4 aliphatic rings. The van der Waals surface area contributed by atoms with Gasteiger partial charge in [-0.05, 0) is 119 Å². The van der Waals surface area contributed by atoms with Gasteiger partial charge in [0, 0.05) is 56.3 Å². The average molecular weight is 1010 g/mol. The van der Waals surface area contributed by atoms with Gasteiger partial charge in [0.1, 0.15) is 17.8 Å². The van der Waals surface area contributed by atoms with Crippen LogP contribution in [0.4, 0.5) is 15.3 Å². The first-order valence-corrected chi connectivity index (χ1v) is 24.4. The summed E-state index contributed by atoms with van der Waals surface area (Å²) in [6.07, 6.45) is -8.33. The lowest BCUT2D eigenvalue weighted by molar-refractivity contribution is -0.384. The number of amides is 2. The number of nitro groups is 1. The molecule has 0 aromatic heterocycles. The van der Waals surface area contributed by atoms with Gasteiger partial charge < -0.3 is 57.7 Å². The molecule has 1 aromatic carbocycles. The second-order valence-corrected chi connectivity index (χ2v) is 20.7. The van der Waals surface area contributed by atoms with Gasteiger partial charge in [-0.25, -0.2) is 15.0 Å². The standard InChI is InChI=1S/C49H77N5O17/c1-15-35-49(10)41(70-46(59)71-49)30(6)53(13)25-26(2)23-47(8,60)40(68-44-38(56)34(52(11)12)22-27(3)64-44)28(4)39(29(5)43(57)66-35)67-37-24-48(9,63-14)42(31(7)65-37)69-45(58)51-50-36(55)21-18-32-16-19-33(20-17-32)54(61)62/h16-21,26-31,34-35,37-42,44,56,60H,15,22-25H2,1-14H3,(H,50,55)(H,51,58)/b21-18+/t26-,27-,28+,29-,30-,31-,34+,35+,37-,38-,39+,40-,41-,42-,44+,47-,48+,49-/m0/s1. The van der Waals surface area contributed by atoms with Crippen molar-refractivity contribution >= 4 is 35.9 Å². The van der Waals surface area contributed by atoms with E-state index < -0.39 is 119 Å². The Morgan fingerprint density at radius 3 is 2.25 bits per heavy atom. The minimum Gasteiger partial charge on any atom is -0.458 e. The lowest BCUT2D eigenvalue weighted by atomic mass is 9.77. The number of aliphatic hydroxyl groups is 2. The maximum Gasteiger partial charge on any atom is 0.509 e. The molecule has 5 rings (SSSR count). The number of hydrogen-bond acceptors (Lipinski definition) is 19. The van der Waals surface area contributed by atoms with Crippen LogP contribution in [0.3, 0.4) is 0 Å². The molecule has 4 aliphatic heterocycles. The molecule has 0 spiro atoms. The van der Waals surface area contributed by atoms with E-state index in [4.69, 9.17) is 42.6 Å². The molecule has 4 fully saturated rings. The van der Waals surface area contributed by atoms with Crippen LogP contribution in [0.25, 0.3) is 6.08 Å². The highest BCUT2D eigenvalue weighted by Crippen LogP contribution is 2.42. The summed E-state index contributed by atoms with van der Waals surface area (Å²) in [5, 5.41) is 35.5. The number of non-ortho nitro benzene ring substituents is 1. The fraction of sp³-hybridized carbons (Fsp3) is 0.755. The molecular formula is C49H77N5O17. The number of ether oxygens (including phenoxy) is 9. The molecule has 400 valence electrons. The van der Waals surface area contributed by atoms with E-state index in [9.17, 15) is 39.5 Å². The van der Waals surface area contributed by atoms with Gasteiger partial charge in [0.2, 0.25) is 0 Å². The van der Waals surface area contributed by atoms with Crippen LogP contribution >= 0.6 is 0 Å². The van der Waals surface area contributed by atoms with Crippen molar-refractivity contribution in [2.45, 2.75) is 185 Å². The van der Waals surface area contributed by atoms with Crippen LogP contribution in [0.1, 0.15) is 100 Å². The van der Waals surface area contributed by atoms with Gasteiger partial charge >= 0.3 is 18.2 Å². The van der Waals surface area contributed by atoms with E-state index in [0.717, 1.165) is 6.08 Å². The van der Waals surface area contributed by atoms with Crippen LogP contribution < -0.4 is 10.9 Å². The number of nitro benzene ring substituents is 1. The third-order valence-corrected chi connectivity index (χ3v) is 14.7. The molecule has 1 aromatic rings. The summed E-state index contributed by atoms with van der Waals surface area (Å²) in [4.78, 5) is 67.7. The zero-order valence-corrected chi connectivity index (χ0v) is 43.5. The molecule has 0 saturated carbocycles. The fourth-order valence-electron chi connectivity index (χ4n) is 10.7. The Hall–Kier alpha value is -4.52. The lowest BCUT2D eigenvalue weighted by Gasteiger charge is -2.49. The number of carbonyl (C=O) groups excluding carboxylic acids is 4. The van der Waals surface area contributed by atoms with Gasteiger partial charge in [0.25, 0.3) is 11.6 Å². The molecule has 22 nitrogen and oxygen atoms in total. The number of likely N-dealkylation sites (N-methyl/N-ethyl adjacent to an activating group) is 2. The van der Waals surface area contributed by atoms with Crippen molar-refractivity contribution in [2.75, 3.05) is 34.8 Å². The maximum absolute atomic E-state index is 14.7. The predicted molar refractivity (Wildman–Crippen MR) is 255 cm³/mol. The smallest absolute Gasteiger partial charge is 0.458 e. The van der Waals surface area contributed by atoms with E-state index in [2.05, 4.69) is 10.9 Å². The zero-order chi connectivity index (χ0) is 52.9. The van der Waals surface area contributed by atoms with E-state index in [1.54, 1.807) is 41.5 Å². The minimum atomic E-state index is -1.65. The van der Waals surface area contributed by atoms with Gasteiger partial charge in [-0.2, -0.15) is 0 Å². The fourth-order valence-corrected chi connectivity index (χ4v) is 10.7. The number of fused-ring (bicyclic) bond motifs is 1. The summed E-state index contributed by atoms with van der Waals surface area (Å²) in [6.45, 7) is 18.1. The normalized spacial score (nSPS) is 39.8. The topological polar surface area (TPSA) is 265 Å². The highest BCUT2D eigenvalue weighted by molar-refractivity contribution is 5.92. The number of methoxy groups -OCH3 is 1. The van der Waals surface area contributed by atoms with Crippen molar-refractivity contribution in [1.82, 2.24) is 20.7 Å². The summed E-state index contributed by atoms with van der Waals surface area (Å²) < 4.78 is 56.1. The third kappa shape index (κ3) is 13.6. The van der Waals surface area contributed by atoms with Gasteiger partial charge in [0.05, 0.1) is 40.9 Å². The highest BCUT2D eigenvalue weighted by Gasteiger charge is 2.58. The van der Waals surface area contributed by atoms with Crippen LogP contribution in [-0.4, -0.2) is 174 Å². The largest absolute Gasteiger partial charge is 0.509 e. The van der Waals surface area contributed by atoms with E-state index >= 15 is 0 Å². The molecule has 0 aliphatic carbocycles. The Labute approximate surface area is 416 Å². The van der Waals surface area contributed by atoms with Crippen molar-refractivity contribution in [3.05, 3.63) is 46.0 Å². The van der Waals surface area contributed by atoms with Gasteiger partial charge in [0.15, 0.2) is 30.4 Å². The van der Waals surface area contributed by atoms with E-state index in [1.807, 2.05) is 58.6 Å². The molecule has 18 atom stereocenters. The number of aliphatic hydroxyl groups excluding tert-OH is 1.